The average molecular weight is 204 g/mol. The third-order valence-corrected chi connectivity index (χ3v) is 2.60. The lowest BCUT2D eigenvalue weighted by molar-refractivity contribution is 0.684. The second-order valence-electron chi connectivity index (χ2n) is 3.66. The lowest BCUT2D eigenvalue weighted by Crippen LogP contribution is -2.09. The van der Waals surface area contributed by atoms with E-state index >= 15 is 0 Å². The maximum absolute atomic E-state index is 4.58. The van der Waals surface area contributed by atoms with E-state index in [2.05, 4.69) is 19.9 Å². The molecule has 0 aliphatic heterocycles. The van der Waals surface area contributed by atoms with E-state index in [-0.39, 0.29) is 0 Å². The lowest BCUT2D eigenvalue weighted by Gasteiger charge is -2.01. The summed E-state index contributed by atoms with van der Waals surface area (Å²) in [6, 6.07) is 1.96. The molecule has 2 rings (SSSR count). The fraction of sp³-hybridized carbons (Fsp3) is 0.455. The van der Waals surface area contributed by atoms with Crippen LogP contribution in [0.2, 0.25) is 0 Å². The van der Waals surface area contributed by atoms with Crippen molar-refractivity contribution in [1.82, 2.24) is 19.9 Å². The molecule has 0 aliphatic rings. The summed E-state index contributed by atoms with van der Waals surface area (Å²) in [4.78, 5) is 8.69. The Kier molecular flexibility index (Phi) is 2.97. The van der Waals surface area contributed by atoms with Crippen LogP contribution in [-0.4, -0.2) is 28.1 Å². The van der Waals surface area contributed by atoms with E-state index in [1.54, 1.807) is 6.20 Å². The van der Waals surface area contributed by atoms with Crippen LogP contribution in [0.25, 0.3) is 11.0 Å². The summed E-state index contributed by atoms with van der Waals surface area (Å²) in [5, 5.41) is 3.14. The highest BCUT2D eigenvalue weighted by atomic mass is 15.1. The zero-order valence-corrected chi connectivity index (χ0v) is 9.20. The van der Waals surface area contributed by atoms with Crippen LogP contribution in [0.3, 0.4) is 0 Å². The summed E-state index contributed by atoms with van der Waals surface area (Å²) in [6.45, 7) is 1.03. The number of nitrogens with one attached hydrogen (secondary N) is 1. The number of aryl methyl sites for hydroxylation is 2. The number of aromatic nitrogens is 3. The van der Waals surface area contributed by atoms with Gasteiger partial charge in [0.2, 0.25) is 0 Å². The molecule has 15 heavy (non-hydrogen) atoms. The first kappa shape index (κ1) is 10.1. The molecule has 0 amide bonds. The summed E-state index contributed by atoms with van der Waals surface area (Å²) in [5.74, 6) is 1.13. The van der Waals surface area contributed by atoms with Gasteiger partial charge in [-0.15, -0.1) is 0 Å². The highest BCUT2D eigenvalue weighted by molar-refractivity contribution is 5.74. The third kappa shape index (κ3) is 1.99. The summed E-state index contributed by atoms with van der Waals surface area (Å²) in [7, 11) is 4.02. The van der Waals surface area contributed by atoms with Crippen molar-refractivity contribution >= 4 is 11.0 Å². The minimum Gasteiger partial charge on any atom is -0.330 e. The minimum atomic E-state index is 1.01. The Morgan fingerprint density at radius 1 is 1.47 bits per heavy atom. The summed E-state index contributed by atoms with van der Waals surface area (Å²) < 4.78 is 2.12. The van der Waals surface area contributed by atoms with Gasteiger partial charge in [-0.3, -0.25) is 4.98 Å². The van der Waals surface area contributed by atoms with Gasteiger partial charge in [-0.2, -0.15) is 0 Å². The van der Waals surface area contributed by atoms with E-state index in [0.717, 1.165) is 36.2 Å². The molecule has 0 saturated heterocycles. The van der Waals surface area contributed by atoms with Crippen molar-refractivity contribution < 1.29 is 0 Å². The molecule has 4 nitrogen and oxygen atoms in total. The van der Waals surface area contributed by atoms with Crippen molar-refractivity contribution in [1.29, 1.82) is 0 Å². The first-order valence-electron chi connectivity index (χ1n) is 5.23. The molecule has 80 valence electrons. The van der Waals surface area contributed by atoms with Gasteiger partial charge in [0.15, 0.2) is 0 Å². The Morgan fingerprint density at radius 2 is 2.33 bits per heavy atom. The zero-order valence-electron chi connectivity index (χ0n) is 9.20. The zero-order chi connectivity index (χ0) is 10.7. The van der Waals surface area contributed by atoms with Gasteiger partial charge in [-0.05, 0) is 26.1 Å². The quantitative estimate of drug-likeness (QED) is 0.759. The fourth-order valence-corrected chi connectivity index (χ4v) is 1.73. The number of fused-ring (bicyclic) bond motifs is 1. The molecule has 0 aromatic carbocycles. The van der Waals surface area contributed by atoms with E-state index in [4.69, 9.17) is 0 Å². The highest BCUT2D eigenvalue weighted by Gasteiger charge is 2.06. The Balaban J connectivity index is 2.24. The van der Waals surface area contributed by atoms with Crippen LogP contribution in [0, 0.1) is 0 Å². The van der Waals surface area contributed by atoms with E-state index in [1.165, 1.54) is 0 Å². The van der Waals surface area contributed by atoms with Crippen molar-refractivity contribution in [3.8, 4) is 0 Å². The van der Waals surface area contributed by atoms with Crippen molar-refractivity contribution in [3.05, 3.63) is 24.3 Å². The van der Waals surface area contributed by atoms with Crippen molar-refractivity contribution in [2.24, 2.45) is 7.05 Å². The number of rotatable bonds is 4. The highest BCUT2D eigenvalue weighted by Crippen LogP contribution is 2.13. The maximum atomic E-state index is 4.58. The molecule has 1 N–H and O–H groups in total. The van der Waals surface area contributed by atoms with E-state index in [0.29, 0.717) is 0 Å². The number of imidazole rings is 1. The predicted molar refractivity (Wildman–Crippen MR) is 60.8 cm³/mol. The van der Waals surface area contributed by atoms with Gasteiger partial charge in [-0.1, -0.05) is 0 Å². The average Bonchev–Trinajstić information content (AvgIpc) is 2.57. The molecule has 2 aromatic rings. The molecule has 0 atom stereocenters. The predicted octanol–water partition coefficient (Wildman–Crippen LogP) is 1.12. The molecular weight excluding hydrogens is 188 g/mol. The molecule has 0 aliphatic carbocycles. The van der Waals surface area contributed by atoms with Crippen molar-refractivity contribution in [2.45, 2.75) is 12.8 Å². The second kappa shape index (κ2) is 4.40. The van der Waals surface area contributed by atoms with Crippen LogP contribution in [-0.2, 0) is 13.5 Å². The van der Waals surface area contributed by atoms with Crippen LogP contribution in [0.5, 0.6) is 0 Å². The van der Waals surface area contributed by atoms with Crippen molar-refractivity contribution in [3.63, 3.8) is 0 Å². The number of nitrogens with zero attached hydrogens (tertiary/aromatic N) is 3. The fourth-order valence-electron chi connectivity index (χ4n) is 1.73. The molecule has 0 spiro atoms. The minimum absolute atomic E-state index is 1.01. The lowest BCUT2D eigenvalue weighted by atomic mass is 10.3. The molecular formula is C11H16N4. The van der Waals surface area contributed by atoms with Crippen LogP contribution < -0.4 is 5.32 Å². The number of hydrogen-bond donors (Lipinski definition) is 1. The van der Waals surface area contributed by atoms with E-state index in [9.17, 15) is 0 Å². The van der Waals surface area contributed by atoms with Gasteiger partial charge in [0.1, 0.15) is 5.82 Å². The second-order valence-corrected chi connectivity index (χ2v) is 3.66. The molecule has 2 heterocycles. The molecule has 0 bridgehead atoms. The summed E-state index contributed by atoms with van der Waals surface area (Å²) in [5.41, 5.74) is 2.14. The molecule has 0 fully saturated rings. The van der Waals surface area contributed by atoms with Gasteiger partial charge < -0.3 is 9.88 Å². The molecule has 0 saturated carbocycles. The summed E-state index contributed by atoms with van der Waals surface area (Å²) in [6.07, 6.45) is 5.77. The van der Waals surface area contributed by atoms with Crippen LogP contribution in [0.15, 0.2) is 18.5 Å². The Hall–Kier alpha value is -1.42. The molecule has 4 heteroatoms. The number of pyridine rings is 1. The molecule has 0 unspecified atom stereocenters. The van der Waals surface area contributed by atoms with Gasteiger partial charge in [-0.25, -0.2) is 4.98 Å². The Morgan fingerprint density at radius 3 is 3.07 bits per heavy atom. The Bertz CT molecular complexity index is 447. The number of hydrogen-bond acceptors (Lipinski definition) is 3. The first-order chi connectivity index (χ1) is 7.33. The van der Waals surface area contributed by atoms with Crippen LogP contribution >= 0.6 is 0 Å². The smallest absolute Gasteiger partial charge is 0.109 e. The summed E-state index contributed by atoms with van der Waals surface area (Å²) >= 11 is 0. The van der Waals surface area contributed by atoms with Crippen LogP contribution in [0.1, 0.15) is 12.2 Å². The van der Waals surface area contributed by atoms with E-state index in [1.807, 2.05) is 26.4 Å². The Labute approximate surface area is 89.3 Å². The van der Waals surface area contributed by atoms with Gasteiger partial charge in [0, 0.05) is 19.7 Å². The molecule has 2 aromatic heterocycles. The standard InChI is InChI=1S/C11H16N4/c1-12-6-3-4-11-14-9-5-7-13-8-10(9)15(11)2/h5,7-8,12H,3-4,6H2,1-2H3. The topological polar surface area (TPSA) is 42.7 Å². The third-order valence-electron chi connectivity index (χ3n) is 2.60. The normalized spacial score (nSPS) is 11.1. The monoisotopic (exact) mass is 204 g/mol. The van der Waals surface area contributed by atoms with Crippen molar-refractivity contribution in [2.75, 3.05) is 13.6 Å². The SMILES string of the molecule is CNCCCc1nc2ccncc2n1C. The maximum Gasteiger partial charge on any atom is 0.109 e. The van der Waals surface area contributed by atoms with Gasteiger partial charge in [0.05, 0.1) is 17.2 Å². The van der Waals surface area contributed by atoms with Crippen LogP contribution in [0.4, 0.5) is 0 Å². The van der Waals surface area contributed by atoms with Gasteiger partial charge in [0.25, 0.3) is 0 Å². The van der Waals surface area contributed by atoms with E-state index < -0.39 is 0 Å². The van der Waals surface area contributed by atoms with Gasteiger partial charge >= 0.3 is 0 Å². The molecule has 0 radical (unpaired) electrons. The first-order valence-corrected chi connectivity index (χ1v) is 5.23. The largest absolute Gasteiger partial charge is 0.330 e.